The van der Waals surface area contributed by atoms with Crippen LogP contribution in [0.4, 0.5) is 23.3 Å². The van der Waals surface area contributed by atoms with Gasteiger partial charge in [0.15, 0.2) is 5.82 Å². The van der Waals surface area contributed by atoms with E-state index in [1.165, 1.54) is 0 Å². The van der Waals surface area contributed by atoms with Gasteiger partial charge in [-0.3, -0.25) is 0 Å². The van der Waals surface area contributed by atoms with Crippen LogP contribution in [0.5, 0.6) is 0 Å². The molecule has 1 aromatic carbocycles. The van der Waals surface area contributed by atoms with Gasteiger partial charge in [0.1, 0.15) is 11.6 Å². The van der Waals surface area contributed by atoms with Crippen LogP contribution >= 0.6 is 15.9 Å². The van der Waals surface area contributed by atoms with Crippen LogP contribution in [0.3, 0.4) is 0 Å². The van der Waals surface area contributed by atoms with Gasteiger partial charge in [-0.05, 0) is 41.1 Å². The molecule has 2 aromatic heterocycles. The molecule has 3 rings (SSSR count). The highest BCUT2D eigenvalue weighted by molar-refractivity contribution is 9.10. The summed E-state index contributed by atoms with van der Waals surface area (Å²) in [6.45, 7) is 1.83. The van der Waals surface area contributed by atoms with Crippen LogP contribution < -0.4 is 10.6 Å². The number of halogens is 1. The molecular weight excluding hydrogens is 334 g/mol. The maximum absolute atomic E-state index is 5.00. The largest absolute Gasteiger partial charge is 0.360 e. The molecule has 0 unspecified atom stereocenters. The summed E-state index contributed by atoms with van der Waals surface area (Å²) in [5.74, 6) is 2.47. The second-order valence-electron chi connectivity index (χ2n) is 4.32. The zero-order valence-electron chi connectivity index (χ0n) is 11.2. The topological polar surface area (TPSA) is 75.9 Å². The molecule has 0 aliphatic carbocycles. The number of hydrogen-bond acceptors (Lipinski definition) is 6. The van der Waals surface area contributed by atoms with Crippen LogP contribution in [0.25, 0.3) is 0 Å². The van der Waals surface area contributed by atoms with Crippen LogP contribution in [0.2, 0.25) is 0 Å². The van der Waals surface area contributed by atoms with Crippen molar-refractivity contribution in [3.05, 3.63) is 52.8 Å². The van der Waals surface area contributed by atoms with E-state index in [2.05, 4.69) is 41.7 Å². The number of anilines is 4. The Bertz CT molecular complexity index is 758. The fourth-order valence-corrected chi connectivity index (χ4v) is 2.11. The lowest BCUT2D eigenvalue weighted by atomic mass is 10.3. The summed E-state index contributed by atoms with van der Waals surface area (Å²) in [6, 6.07) is 11.3. The first kappa shape index (κ1) is 13.6. The fraction of sp³-hybridized carbons (Fsp3) is 0.0714. The Kier molecular flexibility index (Phi) is 3.83. The van der Waals surface area contributed by atoms with Crippen molar-refractivity contribution in [3.8, 4) is 0 Å². The highest BCUT2D eigenvalue weighted by Crippen LogP contribution is 2.24. The first-order valence-corrected chi connectivity index (χ1v) is 7.05. The van der Waals surface area contributed by atoms with Gasteiger partial charge < -0.3 is 15.2 Å². The molecule has 0 atom stereocenters. The van der Waals surface area contributed by atoms with E-state index in [9.17, 15) is 0 Å². The van der Waals surface area contributed by atoms with Gasteiger partial charge in [-0.2, -0.15) is 4.98 Å². The molecule has 2 heterocycles. The van der Waals surface area contributed by atoms with E-state index in [0.717, 1.165) is 15.9 Å². The van der Waals surface area contributed by atoms with Crippen LogP contribution in [0.1, 0.15) is 5.76 Å². The predicted molar refractivity (Wildman–Crippen MR) is 84.0 cm³/mol. The molecule has 106 valence electrons. The summed E-state index contributed by atoms with van der Waals surface area (Å²) in [6.07, 6.45) is 1.67. The number of aromatic nitrogens is 3. The summed E-state index contributed by atoms with van der Waals surface area (Å²) in [5, 5.41) is 10.1. The van der Waals surface area contributed by atoms with E-state index in [1.54, 1.807) is 18.3 Å². The molecule has 0 bridgehead atoms. The van der Waals surface area contributed by atoms with Crippen molar-refractivity contribution in [3.63, 3.8) is 0 Å². The van der Waals surface area contributed by atoms with Gasteiger partial charge in [0.05, 0.1) is 5.69 Å². The lowest BCUT2D eigenvalue weighted by molar-refractivity contribution is 0.400. The molecule has 0 amide bonds. The van der Waals surface area contributed by atoms with E-state index >= 15 is 0 Å². The zero-order chi connectivity index (χ0) is 14.7. The summed E-state index contributed by atoms with van der Waals surface area (Å²) >= 11 is 3.47. The highest BCUT2D eigenvalue weighted by Gasteiger charge is 2.05. The SMILES string of the molecule is Cc1cc(Nc2ccnc(Nc3ccccc3Br)n2)no1. The first-order chi connectivity index (χ1) is 10.2. The molecule has 21 heavy (non-hydrogen) atoms. The van der Waals surface area contributed by atoms with E-state index in [-0.39, 0.29) is 0 Å². The molecule has 0 aliphatic heterocycles. The summed E-state index contributed by atoms with van der Waals surface area (Å²) in [4.78, 5) is 8.57. The monoisotopic (exact) mass is 345 g/mol. The van der Waals surface area contributed by atoms with Crippen LogP contribution in [0, 0.1) is 6.92 Å². The minimum Gasteiger partial charge on any atom is -0.360 e. The molecule has 0 spiro atoms. The number of hydrogen-bond donors (Lipinski definition) is 2. The fourth-order valence-electron chi connectivity index (χ4n) is 1.73. The number of para-hydroxylation sites is 1. The Morgan fingerprint density at radius 2 is 1.95 bits per heavy atom. The number of nitrogens with one attached hydrogen (secondary N) is 2. The van der Waals surface area contributed by atoms with Gasteiger partial charge in [0.25, 0.3) is 0 Å². The van der Waals surface area contributed by atoms with E-state index in [1.807, 2.05) is 31.2 Å². The molecule has 2 N–H and O–H groups in total. The average Bonchev–Trinajstić information content (AvgIpc) is 2.87. The van der Waals surface area contributed by atoms with Crippen LogP contribution in [-0.4, -0.2) is 15.1 Å². The third-order valence-corrected chi connectivity index (χ3v) is 3.35. The Morgan fingerprint density at radius 1 is 1.10 bits per heavy atom. The molecule has 0 fully saturated rings. The molecule has 0 saturated carbocycles. The van der Waals surface area contributed by atoms with Gasteiger partial charge in [-0.15, -0.1) is 0 Å². The minimum atomic E-state index is 0.493. The average molecular weight is 346 g/mol. The van der Waals surface area contributed by atoms with Crippen molar-refractivity contribution in [2.45, 2.75) is 6.92 Å². The standard InChI is InChI=1S/C14H12BrN5O/c1-9-8-13(20-21-9)18-12-6-7-16-14(19-12)17-11-5-3-2-4-10(11)15/h2-8H,1H3,(H2,16,17,18,19,20). The first-order valence-electron chi connectivity index (χ1n) is 6.26. The van der Waals surface area contributed by atoms with Crippen molar-refractivity contribution in [1.82, 2.24) is 15.1 Å². The molecule has 0 radical (unpaired) electrons. The van der Waals surface area contributed by atoms with E-state index < -0.39 is 0 Å². The second kappa shape index (κ2) is 5.92. The van der Waals surface area contributed by atoms with Crippen LogP contribution in [-0.2, 0) is 0 Å². The van der Waals surface area contributed by atoms with Gasteiger partial charge in [0.2, 0.25) is 5.95 Å². The molecule has 7 heteroatoms. The van der Waals surface area contributed by atoms with Crippen LogP contribution in [0.15, 0.2) is 51.6 Å². The predicted octanol–water partition coefficient (Wildman–Crippen LogP) is 4.02. The highest BCUT2D eigenvalue weighted by atomic mass is 79.9. The van der Waals surface area contributed by atoms with Crippen molar-refractivity contribution >= 4 is 39.2 Å². The Labute approximate surface area is 129 Å². The normalized spacial score (nSPS) is 10.4. The summed E-state index contributed by atoms with van der Waals surface area (Å²) < 4.78 is 5.94. The maximum atomic E-state index is 5.00. The Hall–Kier alpha value is -2.41. The molecule has 0 saturated heterocycles. The number of rotatable bonds is 4. The number of nitrogens with zero attached hydrogens (tertiary/aromatic N) is 3. The van der Waals surface area contributed by atoms with Crippen molar-refractivity contribution < 1.29 is 4.52 Å². The molecule has 0 aliphatic rings. The summed E-state index contributed by atoms with van der Waals surface area (Å²) in [5.41, 5.74) is 0.895. The Balaban J connectivity index is 1.78. The second-order valence-corrected chi connectivity index (χ2v) is 5.17. The quantitative estimate of drug-likeness (QED) is 0.743. The van der Waals surface area contributed by atoms with Gasteiger partial charge in [-0.25, -0.2) is 4.98 Å². The lowest BCUT2D eigenvalue weighted by Crippen LogP contribution is -2.00. The zero-order valence-corrected chi connectivity index (χ0v) is 12.8. The van der Waals surface area contributed by atoms with Crippen molar-refractivity contribution in [1.29, 1.82) is 0 Å². The molecular formula is C14H12BrN5O. The van der Waals surface area contributed by atoms with Crippen molar-refractivity contribution in [2.75, 3.05) is 10.6 Å². The lowest BCUT2D eigenvalue weighted by Gasteiger charge is -2.08. The Morgan fingerprint density at radius 3 is 2.71 bits per heavy atom. The maximum Gasteiger partial charge on any atom is 0.229 e. The molecule has 6 nitrogen and oxygen atoms in total. The smallest absolute Gasteiger partial charge is 0.229 e. The van der Waals surface area contributed by atoms with Gasteiger partial charge in [-0.1, -0.05) is 17.3 Å². The van der Waals surface area contributed by atoms with Gasteiger partial charge in [0, 0.05) is 16.7 Å². The summed E-state index contributed by atoms with van der Waals surface area (Å²) in [7, 11) is 0. The number of benzene rings is 1. The number of aryl methyl sites for hydroxylation is 1. The van der Waals surface area contributed by atoms with Gasteiger partial charge >= 0.3 is 0 Å². The molecule has 3 aromatic rings. The van der Waals surface area contributed by atoms with E-state index in [4.69, 9.17) is 4.52 Å². The third-order valence-electron chi connectivity index (χ3n) is 2.66. The minimum absolute atomic E-state index is 0.493. The van der Waals surface area contributed by atoms with E-state index in [0.29, 0.717) is 17.6 Å². The third kappa shape index (κ3) is 3.38. The van der Waals surface area contributed by atoms with Crippen molar-refractivity contribution in [2.24, 2.45) is 0 Å².